The van der Waals surface area contributed by atoms with Crippen molar-refractivity contribution in [3.05, 3.63) is 60.2 Å². The van der Waals surface area contributed by atoms with Crippen molar-refractivity contribution >= 4 is 17.7 Å². The summed E-state index contributed by atoms with van der Waals surface area (Å²) in [4.78, 5) is 12.2. The minimum atomic E-state index is -0.182. The minimum absolute atomic E-state index is 0.182. The lowest BCUT2D eigenvalue weighted by Gasteiger charge is -2.08. The van der Waals surface area contributed by atoms with Gasteiger partial charge in [0, 0.05) is 17.3 Å². The molecule has 4 nitrogen and oxygen atoms in total. The van der Waals surface area contributed by atoms with E-state index in [1.807, 2.05) is 48.5 Å². The van der Waals surface area contributed by atoms with E-state index in [9.17, 15) is 4.79 Å². The molecule has 0 aliphatic carbocycles. The third kappa shape index (κ3) is 7.57. The van der Waals surface area contributed by atoms with Crippen LogP contribution in [0, 0.1) is 0 Å². The van der Waals surface area contributed by atoms with Gasteiger partial charge in [0.25, 0.3) is 0 Å². The molecular formula is C23H29NO3. The van der Waals surface area contributed by atoms with Gasteiger partial charge >= 0.3 is 0 Å². The quantitative estimate of drug-likeness (QED) is 0.409. The topological polar surface area (TPSA) is 47.6 Å². The van der Waals surface area contributed by atoms with Crippen LogP contribution in [0.3, 0.4) is 0 Å². The van der Waals surface area contributed by atoms with Gasteiger partial charge in [-0.2, -0.15) is 0 Å². The van der Waals surface area contributed by atoms with Crippen LogP contribution in [0.15, 0.2) is 54.6 Å². The molecular weight excluding hydrogens is 338 g/mol. The van der Waals surface area contributed by atoms with Crippen LogP contribution in [0.2, 0.25) is 0 Å². The molecule has 4 heteroatoms. The maximum Gasteiger partial charge on any atom is 0.248 e. The fraction of sp³-hybridized carbons (Fsp3) is 0.348. The second kappa shape index (κ2) is 11.8. The highest BCUT2D eigenvalue weighted by atomic mass is 16.5. The molecule has 0 saturated heterocycles. The number of hydrogen-bond acceptors (Lipinski definition) is 3. The van der Waals surface area contributed by atoms with Crippen LogP contribution in [0.1, 0.15) is 45.1 Å². The van der Waals surface area contributed by atoms with E-state index in [-0.39, 0.29) is 5.91 Å². The molecule has 1 amide bonds. The molecule has 0 aliphatic rings. The van der Waals surface area contributed by atoms with Crippen LogP contribution < -0.4 is 14.8 Å². The van der Waals surface area contributed by atoms with Gasteiger partial charge in [0.2, 0.25) is 5.91 Å². The number of anilines is 1. The first kappa shape index (κ1) is 20.6. The number of ether oxygens (including phenoxy) is 2. The fourth-order valence-electron chi connectivity index (χ4n) is 2.39. The fourth-order valence-corrected chi connectivity index (χ4v) is 2.39. The average Bonchev–Trinajstić information content (AvgIpc) is 2.69. The lowest BCUT2D eigenvalue weighted by molar-refractivity contribution is -0.111. The number of carbonyl (C=O) groups excluding carboxylic acids is 1. The van der Waals surface area contributed by atoms with Gasteiger partial charge < -0.3 is 14.8 Å². The second-order valence-corrected chi connectivity index (χ2v) is 6.29. The van der Waals surface area contributed by atoms with Crippen molar-refractivity contribution in [1.29, 1.82) is 0 Å². The summed E-state index contributed by atoms with van der Waals surface area (Å²) in [6.45, 7) is 5.65. The van der Waals surface area contributed by atoms with Gasteiger partial charge in [-0.3, -0.25) is 4.79 Å². The number of amides is 1. The highest BCUT2D eigenvalue weighted by Crippen LogP contribution is 2.20. The number of carbonyl (C=O) groups is 1. The summed E-state index contributed by atoms with van der Waals surface area (Å²) < 4.78 is 11.4. The van der Waals surface area contributed by atoms with Crippen LogP contribution in [0.4, 0.5) is 5.69 Å². The summed E-state index contributed by atoms with van der Waals surface area (Å²) in [6.07, 6.45) is 7.53. The summed E-state index contributed by atoms with van der Waals surface area (Å²) >= 11 is 0. The summed E-state index contributed by atoms with van der Waals surface area (Å²) in [5.41, 5.74) is 1.63. The van der Waals surface area contributed by atoms with E-state index in [0.717, 1.165) is 48.4 Å². The Kier molecular flexibility index (Phi) is 8.98. The highest BCUT2D eigenvalue weighted by Gasteiger charge is 2.02. The molecule has 1 N–H and O–H groups in total. The smallest absolute Gasteiger partial charge is 0.248 e. The molecule has 0 aliphatic heterocycles. The Morgan fingerprint density at radius 2 is 1.59 bits per heavy atom. The number of para-hydroxylation sites is 1. The Hall–Kier alpha value is -2.75. The maximum atomic E-state index is 12.2. The molecule has 144 valence electrons. The van der Waals surface area contributed by atoms with Gasteiger partial charge in [-0.1, -0.05) is 44.9 Å². The minimum Gasteiger partial charge on any atom is -0.494 e. The first-order valence-corrected chi connectivity index (χ1v) is 9.66. The molecule has 0 radical (unpaired) electrons. The van der Waals surface area contributed by atoms with Gasteiger partial charge in [-0.15, -0.1) is 0 Å². The largest absolute Gasteiger partial charge is 0.494 e. The second-order valence-electron chi connectivity index (χ2n) is 6.29. The van der Waals surface area contributed by atoms with Crippen molar-refractivity contribution in [2.24, 2.45) is 0 Å². The summed E-state index contributed by atoms with van der Waals surface area (Å²) in [5.74, 6) is 1.43. The molecule has 2 aromatic rings. The lowest BCUT2D eigenvalue weighted by Crippen LogP contribution is -2.07. The number of rotatable bonds is 11. The van der Waals surface area contributed by atoms with E-state index >= 15 is 0 Å². The van der Waals surface area contributed by atoms with Crippen LogP contribution >= 0.6 is 0 Å². The Morgan fingerprint density at radius 1 is 0.926 bits per heavy atom. The predicted octanol–water partition coefficient (Wildman–Crippen LogP) is 5.70. The number of hydrogen-bond donors (Lipinski definition) is 1. The molecule has 2 rings (SSSR count). The number of unbranched alkanes of at least 4 members (excludes halogenated alkanes) is 2. The molecule has 0 saturated carbocycles. The highest BCUT2D eigenvalue weighted by molar-refractivity contribution is 6.02. The van der Waals surface area contributed by atoms with Gasteiger partial charge in [-0.25, -0.2) is 0 Å². The third-order valence-electron chi connectivity index (χ3n) is 3.98. The summed E-state index contributed by atoms with van der Waals surface area (Å²) in [6, 6.07) is 15.1. The number of nitrogens with one attached hydrogen (secondary N) is 1. The molecule has 0 aromatic heterocycles. The SMILES string of the molecule is CCCCOc1ccc(NC(=O)C=Cc2ccccc2OCCCC)cc1. The van der Waals surface area contributed by atoms with Crippen LogP contribution in [-0.2, 0) is 4.79 Å². The van der Waals surface area contributed by atoms with Crippen molar-refractivity contribution in [2.45, 2.75) is 39.5 Å². The first-order chi connectivity index (χ1) is 13.2. The predicted molar refractivity (Wildman–Crippen MR) is 111 cm³/mol. The van der Waals surface area contributed by atoms with E-state index in [0.29, 0.717) is 13.2 Å². The third-order valence-corrected chi connectivity index (χ3v) is 3.98. The molecule has 0 bridgehead atoms. The van der Waals surface area contributed by atoms with Crippen molar-refractivity contribution < 1.29 is 14.3 Å². The Bertz CT molecular complexity index is 723. The normalized spacial score (nSPS) is 10.7. The van der Waals surface area contributed by atoms with Gasteiger partial charge in [0.1, 0.15) is 11.5 Å². The monoisotopic (exact) mass is 367 g/mol. The molecule has 0 spiro atoms. The molecule has 0 unspecified atom stereocenters. The zero-order chi connectivity index (χ0) is 19.3. The van der Waals surface area contributed by atoms with Crippen LogP contribution in [0.25, 0.3) is 6.08 Å². The van der Waals surface area contributed by atoms with E-state index in [2.05, 4.69) is 19.2 Å². The lowest BCUT2D eigenvalue weighted by atomic mass is 10.2. The Balaban J connectivity index is 1.90. The number of benzene rings is 2. The van der Waals surface area contributed by atoms with E-state index < -0.39 is 0 Å². The zero-order valence-corrected chi connectivity index (χ0v) is 16.2. The van der Waals surface area contributed by atoms with Gasteiger partial charge in [0.15, 0.2) is 0 Å². The summed E-state index contributed by atoms with van der Waals surface area (Å²) in [7, 11) is 0. The van der Waals surface area contributed by atoms with Crippen LogP contribution in [0.5, 0.6) is 11.5 Å². The van der Waals surface area contributed by atoms with E-state index in [4.69, 9.17) is 9.47 Å². The standard InChI is InChI=1S/C23H29NO3/c1-3-5-17-26-21-14-12-20(13-15-21)24-23(25)16-11-19-9-7-8-10-22(19)27-18-6-4-2/h7-16H,3-6,17-18H2,1-2H3,(H,24,25). The van der Waals surface area contributed by atoms with Crippen molar-refractivity contribution in [2.75, 3.05) is 18.5 Å². The molecule has 2 aromatic carbocycles. The molecule has 0 heterocycles. The average molecular weight is 367 g/mol. The van der Waals surface area contributed by atoms with Crippen LogP contribution in [-0.4, -0.2) is 19.1 Å². The van der Waals surface area contributed by atoms with Crippen molar-refractivity contribution in [1.82, 2.24) is 0 Å². The molecule has 0 atom stereocenters. The van der Waals surface area contributed by atoms with Gasteiger partial charge in [-0.05, 0) is 49.2 Å². The molecule has 27 heavy (non-hydrogen) atoms. The Labute approximate surface area is 162 Å². The molecule has 0 fully saturated rings. The first-order valence-electron chi connectivity index (χ1n) is 9.66. The maximum absolute atomic E-state index is 12.2. The Morgan fingerprint density at radius 3 is 2.30 bits per heavy atom. The van der Waals surface area contributed by atoms with Crippen molar-refractivity contribution in [3.63, 3.8) is 0 Å². The van der Waals surface area contributed by atoms with E-state index in [1.165, 1.54) is 6.08 Å². The summed E-state index contributed by atoms with van der Waals surface area (Å²) in [5, 5.41) is 2.86. The zero-order valence-electron chi connectivity index (χ0n) is 16.2. The van der Waals surface area contributed by atoms with Crippen molar-refractivity contribution in [3.8, 4) is 11.5 Å². The van der Waals surface area contributed by atoms with E-state index in [1.54, 1.807) is 6.08 Å². The van der Waals surface area contributed by atoms with Gasteiger partial charge in [0.05, 0.1) is 13.2 Å².